The summed E-state index contributed by atoms with van der Waals surface area (Å²) in [6, 6.07) is 6.82. The Labute approximate surface area is 167 Å². The molecule has 1 heterocycles. The molecule has 2 aromatic rings. The molecular formula is C20H22ClNO4S. The maximum Gasteiger partial charge on any atom is 0.348 e. The third-order valence-corrected chi connectivity index (χ3v) is 6.19. The fourth-order valence-corrected chi connectivity index (χ4v) is 4.49. The quantitative estimate of drug-likeness (QED) is 0.703. The number of fused-ring (bicyclic) bond motifs is 1. The zero-order valence-corrected chi connectivity index (χ0v) is 16.9. The van der Waals surface area contributed by atoms with Gasteiger partial charge in [-0.1, -0.05) is 24.9 Å². The summed E-state index contributed by atoms with van der Waals surface area (Å²) >= 11 is 7.42. The van der Waals surface area contributed by atoms with Crippen molar-refractivity contribution in [1.29, 1.82) is 0 Å². The minimum atomic E-state index is -0.462. The van der Waals surface area contributed by atoms with Gasteiger partial charge in [-0.15, -0.1) is 11.3 Å². The summed E-state index contributed by atoms with van der Waals surface area (Å²) in [6.45, 7) is 1.83. The highest BCUT2D eigenvalue weighted by molar-refractivity contribution is 7.14. The average molecular weight is 408 g/mol. The van der Waals surface area contributed by atoms with Crippen molar-refractivity contribution < 1.29 is 19.1 Å². The van der Waals surface area contributed by atoms with Crippen LogP contribution in [0.4, 0.5) is 5.69 Å². The standard InChI is InChI=1S/C20H22ClNO4S/c1-3-12-4-7-17-13(8-12)9-18(27-17)20(24)26-11-19(23)22-15-10-14(21)5-6-16(15)25-2/h5-6,9-10,12H,3-4,7-8,11H2,1-2H3,(H,22,23)/t12-/m1/s1. The van der Waals surface area contributed by atoms with Crippen LogP contribution in [0.25, 0.3) is 0 Å². The molecule has 1 aromatic heterocycles. The topological polar surface area (TPSA) is 64.6 Å². The van der Waals surface area contributed by atoms with Gasteiger partial charge < -0.3 is 14.8 Å². The van der Waals surface area contributed by atoms with E-state index in [-0.39, 0.29) is 6.61 Å². The molecular weight excluding hydrogens is 386 g/mol. The molecule has 0 fully saturated rings. The SMILES string of the molecule is CC[C@@H]1CCc2sc(C(=O)OCC(=O)Nc3cc(Cl)ccc3OC)cc2C1. The van der Waals surface area contributed by atoms with Crippen LogP contribution >= 0.6 is 22.9 Å². The molecule has 5 nitrogen and oxygen atoms in total. The molecule has 27 heavy (non-hydrogen) atoms. The Hall–Kier alpha value is -2.05. The molecule has 0 unspecified atom stereocenters. The van der Waals surface area contributed by atoms with Crippen LogP contribution in [0.2, 0.25) is 5.02 Å². The van der Waals surface area contributed by atoms with Gasteiger partial charge in [-0.3, -0.25) is 4.79 Å². The van der Waals surface area contributed by atoms with Crippen LogP contribution in [-0.2, 0) is 22.4 Å². The number of methoxy groups -OCH3 is 1. The van der Waals surface area contributed by atoms with E-state index in [4.69, 9.17) is 21.1 Å². The van der Waals surface area contributed by atoms with Crippen LogP contribution in [-0.4, -0.2) is 25.6 Å². The molecule has 1 amide bonds. The molecule has 1 N–H and O–H groups in total. The van der Waals surface area contributed by atoms with Crippen molar-refractivity contribution in [2.24, 2.45) is 5.92 Å². The van der Waals surface area contributed by atoms with Crippen LogP contribution in [0.3, 0.4) is 0 Å². The molecule has 1 aliphatic rings. The lowest BCUT2D eigenvalue weighted by Crippen LogP contribution is -2.21. The molecule has 0 saturated carbocycles. The third kappa shape index (κ3) is 4.82. The summed E-state index contributed by atoms with van der Waals surface area (Å²) < 4.78 is 10.4. The Morgan fingerprint density at radius 3 is 2.89 bits per heavy atom. The molecule has 0 bridgehead atoms. The van der Waals surface area contributed by atoms with Crippen molar-refractivity contribution in [2.75, 3.05) is 19.0 Å². The summed E-state index contributed by atoms with van der Waals surface area (Å²) in [6.07, 6.45) is 4.36. The van der Waals surface area contributed by atoms with E-state index in [9.17, 15) is 9.59 Å². The maximum atomic E-state index is 12.3. The van der Waals surface area contributed by atoms with Gasteiger partial charge in [0.05, 0.1) is 12.8 Å². The highest BCUT2D eigenvalue weighted by atomic mass is 35.5. The smallest absolute Gasteiger partial charge is 0.348 e. The fraction of sp³-hybridized carbons (Fsp3) is 0.400. The minimum Gasteiger partial charge on any atom is -0.495 e. The average Bonchev–Trinajstić information content (AvgIpc) is 3.09. The lowest BCUT2D eigenvalue weighted by atomic mass is 9.87. The van der Waals surface area contributed by atoms with Crippen molar-refractivity contribution in [2.45, 2.75) is 32.6 Å². The molecule has 0 radical (unpaired) electrons. The Morgan fingerprint density at radius 1 is 1.33 bits per heavy atom. The Morgan fingerprint density at radius 2 is 2.15 bits per heavy atom. The van der Waals surface area contributed by atoms with Gasteiger partial charge in [0.25, 0.3) is 5.91 Å². The molecule has 144 valence electrons. The van der Waals surface area contributed by atoms with E-state index in [1.807, 2.05) is 6.07 Å². The van der Waals surface area contributed by atoms with Crippen molar-refractivity contribution in [1.82, 2.24) is 0 Å². The van der Waals surface area contributed by atoms with E-state index in [0.717, 1.165) is 19.3 Å². The summed E-state index contributed by atoms with van der Waals surface area (Å²) in [7, 11) is 1.50. The molecule has 0 spiro atoms. The fourth-order valence-electron chi connectivity index (χ4n) is 3.21. The van der Waals surface area contributed by atoms with E-state index < -0.39 is 11.9 Å². The number of anilines is 1. The number of rotatable bonds is 6. The maximum absolute atomic E-state index is 12.3. The van der Waals surface area contributed by atoms with Crippen molar-refractivity contribution in [3.8, 4) is 5.75 Å². The second-order valence-corrected chi connectivity index (χ2v) is 8.12. The zero-order chi connectivity index (χ0) is 19.4. The number of ether oxygens (including phenoxy) is 2. The van der Waals surface area contributed by atoms with Crippen LogP contribution in [0, 0.1) is 5.92 Å². The first-order valence-electron chi connectivity index (χ1n) is 8.92. The number of benzene rings is 1. The summed E-state index contributed by atoms with van der Waals surface area (Å²) in [4.78, 5) is 26.3. The second-order valence-electron chi connectivity index (χ2n) is 6.55. The number of amides is 1. The van der Waals surface area contributed by atoms with Crippen molar-refractivity contribution in [3.05, 3.63) is 44.6 Å². The minimum absolute atomic E-state index is 0.366. The number of hydrogen-bond acceptors (Lipinski definition) is 5. The lowest BCUT2D eigenvalue weighted by molar-refractivity contribution is -0.119. The number of carbonyl (C=O) groups excluding carboxylic acids is 2. The van der Waals surface area contributed by atoms with Gasteiger partial charge in [-0.2, -0.15) is 0 Å². The normalized spacial score (nSPS) is 15.7. The van der Waals surface area contributed by atoms with Gasteiger partial charge >= 0.3 is 5.97 Å². The van der Waals surface area contributed by atoms with Crippen LogP contribution in [0.1, 0.15) is 39.9 Å². The third-order valence-electron chi connectivity index (χ3n) is 4.73. The Bertz CT molecular complexity index is 849. The number of thiophene rings is 1. The Kier molecular flexibility index (Phi) is 6.39. The first-order chi connectivity index (χ1) is 13.0. The molecule has 1 atom stereocenters. The van der Waals surface area contributed by atoms with Gasteiger partial charge in [0, 0.05) is 9.90 Å². The van der Waals surface area contributed by atoms with Crippen LogP contribution in [0.15, 0.2) is 24.3 Å². The number of carbonyl (C=O) groups is 2. The Balaban J connectivity index is 1.57. The monoisotopic (exact) mass is 407 g/mol. The predicted molar refractivity (Wildman–Crippen MR) is 107 cm³/mol. The summed E-state index contributed by atoms with van der Waals surface area (Å²) in [5.41, 5.74) is 1.68. The van der Waals surface area contributed by atoms with E-state index in [1.165, 1.54) is 35.3 Å². The van der Waals surface area contributed by atoms with Gasteiger partial charge in [-0.05, 0) is 55.0 Å². The molecule has 3 rings (SSSR count). The molecule has 1 aromatic carbocycles. The first-order valence-corrected chi connectivity index (χ1v) is 10.1. The molecule has 1 aliphatic carbocycles. The number of halogens is 1. The van der Waals surface area contributed by atoms with Crippen LogP contribution in [0.5, 0.6) is 5.75 Å². The first kappa shape index (κ1) is 19.7. The van der Waals surface area contributed by atoms with E-state index >= 15 is 0 Å². The second kappa shape index (κ2) is 8.76. The van der Waals surface area contributed by atoms with E-state index in [0.29, 0.717) is 27.3 Å². The van der Waals surface area contributed by atoms with Gasteiger partial charge in [0.15, 0.2) is 6.61 Å². The number of aryl methyl sites for hydroxylation is 1. The van der Waals surface area contributed by atoms with E-state index in [2.05, 4.69) is 12.2 Å². The number of esters is 1. The summed E-state index contributed by atoms with van der Waals surface area (Å²) in [5, 5.41) is 3.12. The number of nitrogens with one attached hydrogen (secondary N) is 1. The lowest BCUT2D eigenvalue weighted by Gasteiger charge is -2.19. The highest BCUT2D eigenvalue weighted by Gasteiger charge is 2.23. The van der Waals surface area contributed by atoms with Crippen molar-refractivity contribution in [3.63, 3.8) is 0 Å². The van der Waals surface area contributed by atoms with Gasteiger partial charge in [-0.25, -0.2) is 4.79 Å². The van der Waals surface area contributed by atoms with E-state index in [1.54, 1.807) is 18.2 Å². The van der Waals surface area contributed by atoms with Gasteiger partial charge in [0.2, 0.25) is 0 Å². The number of hydrogen-bond donors (Lipinski definition) is 1. The largest absolute Gasteiger partial charge is 0.495 e. The zero-order valence-electron chi connectivity index (χ0n) is 15.3. The molecule has 7 heteroatoms. The van der Waals surface area contributed by atoms with Crippen LogP contribution < -0.4 is 10.1 Å². The van der Waals surface area contributed by atoms with Crippen molar-refractivity contribution >= 4 is 40.5 Å². The molecule has 0 aliphatic heterocycles. The summed E-state index contributed by atoms with van der Waals surface area (Å²) in [5.74, 6) is 0.261. The molecule has 0 saturated heterocycles. The highest BCUT2D eigenvalue weighted by Crippen LogP contribution is 2.34. The predicted octanol–water partition coefficient (Wildman–Crippen LogP) is 4.72. The van der Waals surface area contributed by atoms with Gasteiger partial charge in [0.1, 0.15) is 10.6 Å².